The molecule has 0 spiro atoms. The SMILES string of the molecule is COc1cc2[nH]cc(C(=O)Nc3cc(Cl)cc(Cl)c3)c2cc1OC. The van der Waals surface area contributed by atoms with Crippen molar-refractivity contribution in [3.05, 3.63) is 52.1 Å². The lowest BCUT2D eigenvalue weighted by molar-refractivity contribution is 0.102. The van der Waals surface area contributed by atoms with Crippen LogP contribution in [0, 0.1) is 0 Å². The molecule has 2 aromatic carbocycles. The molecule has 0 aliphatic carbocycles. The fourth-order valence-corrected chi connectivity index (χ4v) is 2.99. The normalized spacial score (nSPS) is 10.7. The van der Waals surface area contributed by atoms with Gasteiger partial charge in [-0.05, 0) is 24.3 Å². The average molecular weight is 365 g/mol. The number of carbonyl (C=O) groups is 1. The molecule has 24 heavy (non-hydrogen) atoms. The van der Waals surface area contributed by atoms with Gasteiger partial charge in [0.2, 0.25) is 0 Å². The van der Waals surface area contributed by atoms with Gasteiger partial charge in [0.15, 0.2) is 11.5 Å². The number of methoxy groups -OCH3 is 2. The summed E-state index contributed by atoms with van der Waals surface area (Å²) in [4.78, 5) is 15.6. The Balaban J connectivity index is 1.98. The first kappa shape index (κ1) is 16.5. The molecule has 0 atom stereocenters. The lowest BCUT2D eigenvalue weighted by Crippen LogP contribution is -2.11. The molecule has 1 heterocycles. The zero-order valence-corrected chi connectivity index (χ0v) is 14.5. The van der Waals surface area contributed by atoms with Crippen LogP contribution in [0.2, 0.25) is 10.0 Å². The van der Waals surface area contributed by atoms with Crippen LogP contribution in [0.5, 0.6) is 11.5 Å². The summed E-state index contributed by atoms with van der Waals surface area (Å²) in [6.45, 7) is 0. The molecule has 0 bridgehead atoms. The molecule has 2 N–H and O–H groups in total. The summed E-state index contributed by atoms with van der Waals surface area (Å²) in [6.07, 6.45) is 1.63. The molecule has 5 nitrogen and oxygen atoms in total. The second-order valence-corrected chi connectivity index (χ2v) is 5.94. The van der Waals surface area contributed by atoms with Gasteiger partial charge >= 0.3 is 0 Å². The number of nitrogens with one attached hydrogen (secondary N) is 2. The highest BCUT2D eigenvalue weighted by molar-refractivity contribution is 6.35. The minimum atomic E-state index is -0.285. The summed E-state index contributed by atoms with van der Waals surface area (Å²) < 4.78 is 10.6. The number of H-pyrrole nitrogens is 1. The highest BCUT2D eigenvalue weighted by atomic mass is 35.5. The van der Waals surface area contributed by atoms with Gasteiger partial charge in [-0.3, -0.25) is 4.79 Å². The number of rotatable bonds is 4. The summed E-state index contributed by atoms with van der Waals surface area (Å²) in [7, 11) is 3.10. The first-order valence-electron chi connectivity index (χ1n) is 7.02. The van der Waals surface area contributed by atoms with Gasteiger partial charge in [0, 0.05) is 33.4 Å². The molecular formula is C17H14Cl2N2O3. The minimum absolute atomic E-state index is 0.285. The Morgan fingerprint density at radius 3 is 2.25 bits per heavy atom. The van der Waals surface area contributed by atoms with Crippen LogP contribution in [0.4, 0.5) is 5.69 Å². The maximum Gasteiger partial charge on any atom is 0.257 e. The molecule has 0 fully saturated rings. The highest BCUT2D eigenvalue weighted by Crippen LogP contribution is 2.33. The van der Waals surface area contributed by atoms with E-state index in [9.17, 15) is 4.79 Å². The zero-order chi connectivity index (χ0) is 17.3. The van der Waals surface area contributed by atoms with E-state index >= 15 is 0 Å². The Morgan fingerprint density at radius 2 is 1.62 bits per heavy atom. The van der Waals surface area contributed by atoms with Crippen molar-refractivity contribution in [2.75, 3.05) is 19.5 Å². The smallest absolute Gasteiger partial charge is 0.257 e. The van der Waals surface area contributed by atoms with E-state index in [4.69, 9.17) is 32.7 Å². The first-order valence-corrected chi connectivity index (χ1v) is 7.78. The molecule has 1 aromatic heterocycles. The topological polar surface area (TPSA) is 63.4 Å². The van der Waals surface area contributed by atoms with E-state index in [1.807, 2.05) is 0 Å². The highest BCUT2D eigenvalue weighted by Gasteiger charge is 2.16. The third kappa shape index (κ3) is 3.13. The molecule has 0 saturated heterocycles. The fraction of sp³-hybridized carbons (Fsp3) is 0.118. The van der Waals surface area contributed by atoms with E-state index < -0.39 is 0 Å². The summed E-state index contributed by atoms with van der Waals surface area (Å²) in [5.41, 5.74) is 1.76. The van der Waals surface area contributed by atoms with Crippen molar-refractivity contribution in [2.45, 2.75) is 0 Å². The van der Waals surface area contributed by atoms with Crippen LogP contribution in [-0.2, 0) is 0 Å². The number of fused-ring (bicyclic) bond motifs is 1. The Kier molecular flexibility index (Phi) is 4.55. The summed E-state index contributed by atoms with van der Waals surface area (Å²) in [6, 6.07) is 8.39. The number of benzene rings is 2. The van der Waals surface area contributed by atoms with Crippen LogP contribution >= 0.6 is 23.2 Å². The van der Waals surface area contributed by atoms with E-state index in [1.54, 1.807) is 50.7 Å². The molecule has 0 radical (unpaired) electrons. The van der Waals surface area contributed by atoms with Crippen LogP contribution in [0.1, 0.15) is 10.4 Å². The van der Waals surface area contributed by atoms with E-state index in [2.05, 4.69) is 10.3 Å². The number of aromatic amines is 1. The van der Waals surface area contributed by atoms with E-state index in [1.165, 1.54) is 0 Å². The maximum absolute atomic E-state index is 12.6. The quantitative estimate of drug-likeness (QED) is 0.702. The average Bonchev–Trinajstić information content (AvgIpc) is 2.95. The van der Waals surface area contributed by atoms with Crippen LogP contribution in [0.25, 0.3) is 10.9 Å². The minimum Gasteiger partial charge on any atom is -0.493 e. The lowest BCUT2D eigenvalue weighted by Gasteiger charge is -2.09. The first-order chi connectivity index (χ1) is 11.5. The third-order valence-electron chi connectivity index (χ3n) is 3.55. The second-order valence-electron chi connectivity index (χ2n) is 5.07. The van der Waals surface area contributed by atoms with Crippen LogP contribution in [0.15, 0.2) is 36.5 Å². The van der Waals surface area contributed by atoms with Gasteiger partial charge in [0.05, 0.1) is 25.3 Å². The van der Waals surface area contributed by atoms with Crippen LogP contribution < -0.4 is 14.8 Å². The second kappa shape index (κ2) is 6.63. The van der Waals surface area contributed by atoms with Crippen molar-refractivity contribution in [1.29, 1.82) is 0 Å². The van der Waals surface area contributed by atoms with Crippen molar-refractivity contribution in [3.8, 4) is 11.5 Å². The number of ether oxygens (including phenoxy) is 2. The molecule has 3 aromatic rings. The number of hydrogen-bond acceptors (Lipinski definition) is 3. The Bertz CT molecular complexity index is 901. The molecule has 0 saturated carbocycles. The number of carbonyl (C=O) groups excluding carboxylic acids is 1. The summed E-state index contributed by atoms with van der Waals surface area (Å²) >= 11 is 11.9. The van der Waals surface area contributed by atoms with Crippen molar-refractivity contribution in [3.63, 3.8) is 0 Å². The van der Waals surface area contributed by atoms with Gasteiger partial charge in [-0.25, -0.2) is 0 Å². The van der Waals surface area contributed by atoms with Gasteiger partial charge in [0.1, 0.15) is 0 Å². The molecule has 1 amide bonds. The molecule has 124 valence electrons. The number of amides is 1. The number of aromatic nitrogens is 1. The standard InChI is InChI=1S/C17H14Cl2N2O3/c1-23-15-6-12-13(8-20-14(12)7-16(15)24-2)17(22)21-11-4-9(18)3-10(19)5-11/h3-8,20H,1-2H3,(H,21,22). The summed E-state index contributed by atoms with van der Waals surface area (Å²) in [5.74, 6) is 0.844. The Hall–Kier alpha value is -2.37. The van der Waals surface area contributed by atoms with Gasteiger partial charge in [-0.1, -0.05) is 23.2 Å². The van der Waals surface area contributed by atoms with E-state index in [-0.39, 0.29) is 5.91 Å². The summed E-state index contributed by atoms with van der Waals surface area (Å²) in [5, 5.41) is 4.40. The molecule has 7 heteroatoms. The van der Waals surface area contributed by atoms with Crippen molar-refractivity contribution in [2.24, 2.45) is 0 Å². The van der Waals surface area contributed by atoms with Gasteiger partial charge in [0.25, 0.3) is 5.91 Å². The fourth-order valence-electron chi connectivity index (χ4n) is 2.46. The molecule has 0 aliphatic rings. The third-order valence-corrected chi connectivity index (χ3v) is 3.99. The Morgan fingerprint density at radius 1 is 1.00 bits per heavy atom. The maximum atomic E-state index is 12.6. The largest absolute Gasteiger partial charge is 0.493 e. The van der Waals surface area contributed by atoms with Gasteiger partial charge < -0.3 is 19.8 Å². The van der Waals surface area contributed by atoms with Crippen molar-refractivity contribution in [1.82, 2.24) is 4.98 Å². The molecular weight excluding hydrogens is 351 g/mol. The zero-order valence-electron chi connectivity index (χ0n) is 12.9. The van der Waals surface area contributed by atoms with Crippen LogP contribution in [0.3, 0.4) is 0 Å². The van der Waals surface area contributed by atoms with Gasteiger partial charge in [-0.15, -0.1) is 0 Å². The predicted octanol–water partition coefficient (Wildman–Crippen LogP) is 4.74. The number of anilines is 1. The van der Waals surface area contributed by atoms with E-state index in [0.29, 0.717) is 32.8 Å². The van der Waals surface area contributed by atoms with Crippen LogP contribution in [-0.4, -0.2) is 25.1 Å². The van der Waals surface area contributed by atoms with Gasteiger partial charge in [-0.2, -0.15) is 0 Å². The van der Waals surface area contributed by atoms with E-state index in [0.717, 1.165) is 10.9 Å². The molecule has 3 rings (SSSR count). The number of hydrogen-bond donors (Lipinski definition) is 2. The van der Waals surface area contributed by atoms with Crippen molar-refractivity contribution >= 4 is 45.7 Å². The molecule has 0 aliphatic heterocycles. The number of halogens is 2. The van der Waals surface area contributed by atoms with Crippen molar-refractivity contribution < 1.29 is 14.3 Å². The molecule has 0 unspecified atom stereocenters. The predicted molar refractivity (Wildman–Crippen MR) is 95.8 cm³/mol. The Labute approximate surface area is 148 Å². The lowest BCUT2D eigenvalue weighted by atomic mass is 10.1. The monoisotopic (exact) mass is 364 g/mol.